The molecule has 0 heterocycles. The van der Waals surface area contributed by atoms with E-state index < -0.39 is 0 Å². The summed E-state index contributed by atoms with van der Waals surface area (Å²) < 4.78 is 5.67. The maximum absolute atomic E-state index is 8.67. The molecular weight excluding hydrogens is 190 g/mol. The molecular formula is C12H19NO2. The number of hydrogen-bond acceptors (Lipinski definition) is 3. The highest BCUT2D eigenvalue weighted by atomic mass is 16.5. The monoisotopic (exact) mass is 209 g/mol. The van der Waals surface area contributed by atoms with Gasteiger partial charge in [-0.05, 0) is 19.9 Å². The van der Waals surface area contributed by atoms with E-state index >= 15 is 0 Å². The number of aliphatic hydroxyl groups is 1. The van der Waals surface area contributed by atoms with Crippen LogP contribution in [0.25, 0.3) is 0 Å². The lowest BCUT2D eigenvalue weighted by atomic mass is 10.2. The van der Waals surface area contributed by atoms with Gasteiger partial charge in [0.25, 0.3) is 0 Å². The number of benzene rings is 1. The van der Waals surface area contributed by atoms with Gasteiger partial charge in [-0.3, -0.25) is 0 Å². The smallest absolute Gasteiger partial charge is 0.124 e. The van der Waals surface area contributed by atoms with Crippen molar-refractivity contribution in [2.24, 2.45) is 0 Å². The molecule has 84 valence electrons. The zero-order valence-electron chi connectivity index (χ0n) is 9.36. The summed E-state index contributed by atoms with van der Waals surface area (Å²) in [6.07, 6.45) is 0.184. The van der Waals surface area contributed by atoms with Gasteiger partial charge in [0.1, 0.15) is 5.75 Å². The summed E-state index contributed by atoms with van der Waals surface area (Å²) >= 11 is 0. The summed E-state index contributed by atoms with van der Waals surface area (Å²) in [5.74, 6) is 0.915. The molecule has 2 N–H and O–H groups in total. The third-order valence-electron chi connectivity index (χ3n) is 1.94. The normalized spacial score (nSPS) is 10.7. The fourth-order valence-corrected chi connectivity index (χ4v) is 1.32. The van der Waals surface area contributed by atoms with Crippen LogP contribution in [-0.2, 0) is 6.54 Å². The van der Waals surface area contributed by atoms with E-state index in [-0.39, 0.29) is 12.7 Å². The first-order valence-corrected chi connectivity index (χ1v) is 5.30. The molecule has 0 aromatic heterocycles. The average molecular weight is 209 g/mol. The quantitative estimate of drug-likeness (QED) is 0.699. The molecule has 3 heteroatoms. The van der Waals surface area contributed by atoms with Gasteiger partial charge < -0.3 is 15.2 Å². The molecule has 0 amide bonds. The van der Waals surface area contributed by atoms with Crippen LogP contribution in [0.15, 0.2) is 24.3 Å². The molecule has 1 aromatic carbocycles. The van der Waals surface area contributed by atoms with E-state index in [0.717, 1.165) is 17.9 Å². The molecule has 0 unspecified atom stereocenters. The van der Waals surface area contributed by atoms with Crippen molar-refractivity contribution in [2.75, 3.05) is 13.2 Å². The van der Waals surface area contributed by atoms with E-state index in [1.54, 1.807) is 0 Å². The molecule has 0 aliphatic carbocycles. The summed E-state index contributed by atoms with van der Waals surface area (Å²) in [4.78, 5) is 0. The van der Waals surface area contributed by atoms with Gasteiger partial charge in [-0.2, -0.15) is 0 Å². The van der Waals surface area contributed by atoms with Crippen LogP contribution in [0, 0.1) is 0 Å². The first-order chi connectivity index (χ1) is 7.24. The summed E-state index contributed by atoms with van der Waals surface area (Å²) in [6.45, 7) is 5.52. The molecule has 15 heavy (non-hydrogen) atoms. The van der Waals surface area contributed by atoms with Crippen molar-refractivity contribution in [3.05, 3.63) is 29.8 Å². The van der Waals surface area contributed by atoms with Crippen LogP contribution < -0.4 is 10.1 Å². The zero-order chi connectivity index (χ0) is 11.1. The van der Waals surface area contributed by atoms with Crippen LogP contribution in [-0.4, -0.2) is 24.4 Å². The number of rotatable bonds is 6. The van der Waals surface area contributed by atoms with Gasteiger partial charge in [-0.25, -0.2) is 0 Å². The molecule has 0 fully saturated rings. The minimum Gasteiger partial charge on any atom is -0.491 e. The van der Waals surface area contributed by atoms with E-state index in [9.17, 15) is 0 Å². The minimum absolute atomic E-state index is 0.160. The lowest BCUT2D eigenvalue weighted by Gasteiger charge is -2.14. The Hall–Kier alpha value is -1.06. The van der Waals surface area contributed by atoms with Crippen molar-refractivity contribution < 1.29 is 9.84 Å². The van der Waals surface area contributed by atoms with Crippen molar-refractivity contribution in [1.29, 1.82) is 0 Å². The molecule has 3 nitrogen and oxygen atoms in total. The second-order valence-electron chi connectivity index (χ2n) is 3.67. The second kappa shape index (κ2) is 6.43. The number of hydrogen-bond donors (Lipinski definition) is 2. The van der Waals surface area contributed by atoms with E-state index in [1.165, 1.54) is 0 Å². The number of para-hydroxylation sites is 1. The van der Waals surface area contributed by atoms with Crippen molar-refractivity contribution in [3.63, 3.8) is 0 Å². The highest BCUT2D eigenvalue weighted by Crippen LogP contribution is 2.18. The van der Waals surface area contributed by atoms with Crippen molar-refractivity contribution in [3.8, 4) is 5.75 Å². The van der Waals surface area contributed by atoms with Gasteiger partial charge >= 0.3 is 0 Å². The van der Waals surface area contributed by atoms with Gasteiger partial charge in [-0.1, -0.05) is 18.2 Å². The predicted octanol–water partition coefficient (Wildman–Crippen LogP) is 1.56. The predicted molar refractivity (Wildman–Crippen MR) is 61.0 cm³/mol. The van der Waals surface area contributed by atoms with Crippen LogP contribution >= 0.6 is 0 Å². The highest BCUT2D eigenvalue weighted by molar-refractivity contribution is 5.33. The Morgan fingerprint density at radius 1 is 1.33 bits per heavy atom. The average Bonchev–Trinajstić information content (AvgIpc) is 2.20. The molecule has 0 spiro atoms. The van der Waals surface area contributed by atoms with Crippen molar-refractivity contribution >= 4 is 0 Å². The van der Waals surface area contributed by atoms with Crippen LogP contribution in [0.4, 0.5) is 0 Å². The molecule has 0 saturated heterocycles. The Kier molecular flexibility index (Phi) is 5.15. The van der Waals surface area contributed by atoms with E-state index in [4.69, 9.17) is 9.84 Å². The third kappa shape index (κ3) is 4.32. The standard InChI is InChI=1S/C12H19NO2/c1-10(2)15-12-6-4-3-5-11(12)9-13-7-8-14/h3-6,10,13-14H,7-9H2,1-2H3. The maximum Gasteiger partial charge on any atom is 0.124 e. The van der Waals surface area contributed by atoms with Gasteiger partial charge in [-0.15, -0.1) is 0 Å². The minimum atomic E-state index is 0.160. The van der Waals surface area contributed by atoms with Gasteiger partial charge in [0, 0.05) is 18.7 Å². The topological polar surface area (TPSA) is 41.5 Å². The van der Waals surface area contributed by atoms with E-state index in [1.807, 2.05) is 38.1 Å². The van der Waals surface area contributed by atoms with Crippen LogP contribution in [0.2, 0.25) is 0 Å². The SMILES string of the molecule is CC(C)Oc1ccccc1CNCCO. The first-order valence-electron chi connectivity index (χ1n) is 5.30. The first kappa shape index (κ1) is 12.0. The lowest BCUT2D eigenvalue weighted by molar-refractivity contribution is 0.239. The Morgan fingerprint density at radius 3 is 2.73 bits per heavy atom. The third-order valence-corrected chi connectivity index (χ3v) is 1.94. The molecule has 0 saturated carbocycles. The van der Waals surface area contributed by atoms with E-state index in [2.05, 4.69) is 5.32 Å². The maximum atomic E-state index is 8.67. The number of nitrogens with one attached hydrogen (secondary N) is 1. The van der Waals surface area contributed by atoms with Crippen molar-refractivity contribution in [2.45, 2.75) is 26.5 Å². The number of aliphatic hydroxyl groups excluding tert-OH is 1. The van der Waals surface area contributed by atoms with Crippen LogP contribution in [0.5, 0.6) is 5.75 Å². The molecule has 1 aromatic rings. The molecule has 1 rings (SSSR count). The van der Waals surface area contributed by atoms with Crippen LogP contribution in [0.1, 0.15) is 19.4 Å². The van der Waals surface area contributed by atoms with Gasteiger partial charge in [0.05, 0.1) is 12.7 Å². The molecule has 0 radical (unpaired) electrons. The summed E-state index contributed by atoms with van der Waals surface area (Å²) in [6, 6.07) is 7.95. The second-order valence-corrected chi connectivity index (χ2v) is 3.67. The Bertz CT molecular complexity index is 287. The molecule has 0 bridgehead atoms. The van der Waals surface area contributed by atoms with Crippen molar-refractivity contribution in [1.82, 2.24) is 5.32 Å². The Balaban J connectivity index is 2.60. The van der Waals surface area contributed by atoms with Gasteiger partial charge in [0.2, 0.25) is 0 Å². The highest BCUT2D eigenvalue weighted by Gasteiger charge is 2.03. The largest absolute Gasteiger partial charge is 0.491 e. The van der Waals surface area contributed by atoms with E-state index in [0.29, 0.717) is 6.54 Å². The number of ether oxygens (including phenoxy) is 1. The fraction of sp³-hybridized carbons (Fsp3) is 0.500. The molecule has 0 aliphatic rings. The molecule has 0 atom stereocenters. The zero-order valence-corrected chi connectivity index (χ0v) is 9.36. The Morgan fingerprint density at radius 2 is 2.07 bits per heavy atom. The summed E-state index contributed by atoms with van der Waals surface area (Å²) in [5, 5.41) is 11.8. The van der Waals surface area contributed by atoms with Crippen LogP contribution in [0.3, 0.4) is 0 Å². The fourth-order valence-electron chi connectivity index (χ4n) is 1.32. The lowest BCUT2D eigenvalue weighted by Crippen LogP contribution is -2.18. The summed E-state index contributed by atoms with van der Waals surface area (Å²) in [7, 11) is 0. The van der Waals surface area contributed by atoms with Gasteiger partial charge in [0.15, 0.2) is 0 Å². The summed E-state index contributed by atoms with van der Waals surface area (Å²) in [5.41, 5.74) is 1.12. The Labute approximate surface area is 91.1 Å². The molecule has 0 aliphatic heterocycles.